The summed E-state index contributed by atoms with van der Waals surface area (Å²) in [6.45, 7) is 8.21. The maximum absolute atomic E-state index is 11.8. The smallest absolute Gasteiger partial charge is 0.191 e. The van der Waals surface area contributed by atoms with Gasteiger partial charge in [0.2, 0.25) is 0 Å². The van der Waals surface area contributed by atoms with Crippen LogP contribution in [0.15, 0.2) is 41.9 Å². The van der Waals surface area contributed by atoms with Gasteiger partial charge in [-0.05, 0) is 19.9 Å². The van der Waals surface area contributed by atoms with Crippen LogP contribution in [0.4, 0.5) is 0 Å². The van der Waals surface area contributed by atoms with Crippen molar-refractivity contribution in [2.75, 3.05) is 26.5 Å². The summed E-state index contributed by atoms with van der Waals surface area (Å²) >= 11 is 0. The third-order valence-electron chi connectivity index (χ3n) is 3.68. The number of aliphatic imine (C=N–C) groups is 1. The molecule has 7 heteroatoms. The van der Waals surface area contributed by atoms with E-state index in [1.165, 1.54) is 6.26 Å². The molecule has 0 amide bonds. The topological polar surface area (TPSA) is 79.8 Å². The third kappa shape index (κ3) is 5.88. The molecule has 2 N–H and O–H groups in total. The Morgan fingerprint density at radius 1 is 1.33 bits per heavy atom. The summed E-state index contributed by atoms with van der Waals surface area (Å²) in [5, 5.41) is 6.22. The quantitative estimate of drug-likeness (QED) is 0.423. The van der Waals surface area contributed by atoms with Gasteiger partial charge >= 0.3 is 0 Å². The molecule has 6 nitrogen and oxygen atoms in total. The first-order chi connectivity index (χ1) is 11.2. The van der Waals surface area contributed by atoms with Crippen LogP contribution in [0, 0.1) is 0 Å². The van der Waals surface area contributed by atoms with E-state index >= 15 is 0 Å². The number of nitrogens with zero attached hydrogens (tertiary/aromatic N) is 1. The largest absolute Gasteiger partial charge is 0.489 e. The van der Waals surface area contributed by atoms with Crippen LogP contribution in [0.2, 0.25) is 0 Å². The first kappa shape index (κ1) is 20.0. The fourth-order valence-electron chi connectivity index (χ4n) is 1.77. The Balaban J connectivity index is 2.67. The predicted molar refractivity (Wildman–Crippen MR) is 99.3 cm³/mol. The molecule has 0 aliphatic heterocycles. The van der Waals surface area contributed by atoms with Gasteiger partial charge in [0.15, 0.2) is 15.8 Å². The van der Waals surface area contributed by atoms with Gasteiger partial charge in [-0.15, -0.1) is 0 Å². The molecule has 1 aromatic rings. The van der Waals surface area contributed by atoms with E-state index < -0.39 is 14.6 Å². The van der Waals surface area contributed by atoms with Gasteiger partial charge in [-0.1, -0.05) is 30.9 Å². The molecule has 0 bridgehead atoms. The van der Waals surface area contributed by atoms with Crippen molar-refractivity contribution in [1.82, 2.24) is 10.6 Å². The van der Waals surface area contributed by atoms with Crippen LogP contribution in [0.25, 0.3) is 0 Å². The van der Waals surface area contributed by atoms with Gasteiger partial charge in [0.25, 0.3) is 0 Å². The molecule has 24 heavy (non-hydrogen) atoms. The molecule has 0 radical (unpaired) electrons. The lowest BCUT2D eigenvalue weighted by Gasteiger charge is -2.24. The van der Waals surface area contributed by atoms with Crippen molar-refractivity contribution in [1.29, 1.82) is 0 Å². The van der Waals surface area contributed by atoms with Crippen LogP contribution >= 0.6 is 0 Å². The van der Waals surface area contributed by atoms with Crippen LogP contribution in [-0.4, -0.2) is 45.6 Å². The predicted octanol–water partition coefficient (Wildman–Crippen LogP) is 1.74. The minimum Gasteiger partial charge on any atom is -0.489 e. The van der Waals surface area contributed by atoms with E-state index in [0.717, 1.165) is 11.3 Å². The Morgan fingerprint density at radius 2 is 2.00 bits per heavy atom. The Morgan fingerprint density at radius 3 is 2.58 bits per heavy atom. The molecule has 0 aliphatic carbocycles. The molecule has 0 heterocycles. The number of nitrogens with one attached hydrogen (secondary N) is 2. The molecule has 0 fully saturated rings. The van der Waals surface area contributed by atoms with Crippen molar-refractivity contribution >= 4 is 15.8 Å². The van der Waals surface area contributed by atoms with E-state index in [4.69, 9.17) is 4.74 Å². The monoisotopic (exact) mass is 353 g/mol. The number of benzene rings is 1. The van der Waals surface area contributed by atoms with Crippen LogP contribution in [-0.2, 0) is 16.4 Å². The Kier molecular flexibility index (Phi) is 7.28. The van der Waals surface area contributed by atoms with Gasteiger partial charge in [0.05, 0.1) is 4.75 Å². The SMILES string of the molecule is C=CCOc1ccccc1CNC(=NC)NCC(C)(C)S(C)(=O)=O. The molecule has 1 rings (SSSR count). The van der Waals surface area contributed by atoms with Gasteiger partial charge in [0, 0.05) is 32.0 Å². The number of hydrogen-bond donors (Lipinski definition) is 2. The van der Waals surface area contributed by atoms with Crippen molar-refractivity contribution < 1.29 is 13.2 Å². The van der Waals surface area contributed by atoms with E-state index in [1.807, 2.05) is 24.3 Å². The average molecular weight is 353 g/mol. The van der Waals surface area contributed by atoms with Gasteiger partial charge in [-0.3, -0.25) is 4.99 Å². The summed E-state index contributed by atoms with van der Waals surface area (Å²) in [7, 11) is -1.52. The van der Waals surface area contributed by atoms with Crippen molar-refractivity contribution in [2.45, 2.75) is 25.1 Å². The first-order valence-corrected chi connectivity index (χ1v) is 9.56. The highest BCUT2D eigenvalue weighted by Gasteiger charge is 2.30. The Hall–Kier alpha value is -2.02. The number of para-hydroxylation sites is 1. The van der Waals surface area contributed by atoms with Gasteiger partial charge in [-0.2, -0.15) is 0 Å². The zero-order valence-corrected chi connectivity index (χ0v) is 15.6. The fraction of sp³-hybridized carbons (Fsp3) is 0.471. The molecule has 1 aromatic carbocycles. The second-order valence-corrected chi connectivity index (χ2v) is 8.67. The van der Waals surface area contributed by atoms with E-state index in [-0.39, 0.29) is 6.54 Å². The van der Waals surface area contributed by atoms with E-state index in [9.17, 15) is 8.42 Å². The minimum absolute atomic E-state index is 0.264. The fourth-order valence-corrected chi connectivity index (χ4v) is 2.10. The molecule has 0 unspecified atom stereocenters. The maximum Gasteiger partial charge on any atom is 0.191 e. The second-order valence-electron chi connectivity index (χ2n) is 6.02. The Labute approximate surface area is 144 Å². The molecule has 0 atom stereocenters. The highest BCUT2D eigenvalue weighted by Crippen LogP contribution is 2.17. The molecule has 0 aliphatic rings. The molecule has 134 valence electrons. The van der Waals surface area contributed by atoms with E-state index in [1.54, 1.807) is 27.0 Å². The van der Waals surface area contributed by atoms with E-state index in [2.05, 4.69) is 22.2 Å². The number of rotatable bonds is 8. The summed E-state index contributed by atoms with van der Waals surface area (Å²) in [5.74, 6) is 1.31. The van der Waals surface area contributed by atoms with Gasteiger partial charge in [-0.25, -0.2) is 8.42 Å². The highest BCUT2D eigenvalue weighted by atomic mass is 32.2. The molecule has 0 saturated carbocycles. The van der Waals surface area contributed by atoms with Crippen molar-refractivity contribution in [3.63, 3.8) is 0 Å². The molecule has 0 spiro atoms. The van der Waals surface area contributed by atoms with Crippen molar-refractivity contribution in [3.05, 3.63) is 42.5 Å². The number of sulfone groups is 1. The zero-order valence-electron chi connectivity index (χ0n) is 14.8. The normalized spacial score (nSPS) is 12.6. The molecule has 0 aromatic heterocycles. The number of ether oxygens (including phenoxy) is 1. The van der Waals surface area contributed by atoms with Crippen molar-refractivity contribution in [2.24, 2.45) is 4.99 Å². The zero-order chi connectivity index (χ0) is 18.2. The highest BCUT2D eigenvalue weighted by molar-refractivity contribution is 7.92. The van der Waals surface area contributed by atoms with E-state index in [0.29, 0.717) is 19.1 Å². The van der Waals surface area contributed by atoms with Crippen molar-refractivity contribution in [3.8, 4) is 5.75 Å². The van der Waals surface area contributed by atoms with Gasteiger partial charge in [0.1, 0.15) is 12.4 Å². The van der Waals surface area contributed by atoms with Crippen LogP contribution < -0.4 is 15.4 Å². The average Bonchev–Trinajstić information content (AvgIpc) is 2.52. The lowest BCUT2D eigenvalue weighted by atomic mass is 10.2. The summed E-state index contributed by atoms with van der Waals surface area (Å²) in [6, 6.07) is 7.69. The lowest BCUT2D eigenvalue weighted by molar-refractivity contribution is 0.358. The van der Waals surface area contributed by atoms with Gasteiger partial charge < -0.3 is 15.4 Å². The first-order valence-electron chi connectivity index (χ1n) is 7.67. The molecular formula is C17H27N3O3S. The summed E-state index contributed by atoms with van der Waals surface area (Å²) in [6.07, 6.45) is 2.93. The molecular weight excluding hydrogens is 326 g/mol. The van der Waals surface area contributed by atoms with Crippen LogP contribution in [0.3, 0.4) is 0 Å². The number of guanidine groups is 1. The summed E-state index contributed by atoms with van der Waals surface area (Å²) in [4.78, 5) is 4.12. The maximum atomic E-state index is 11.8. The number of hydrogen-bond acceptors (Lipinski definition) is 4. The second kappa shape index (κ2) is 8.73. The summed E-state index contributed by atoms with van der Waals surface area (Å²) in [5.41, 5.74) is 0.977. The minimum atomic E-state index is -3.17. The standard InChI is InChI=1S/C17H27N3O3S/c1-6-11-23-15-10-8-7-9-14(15)12-19-16(18-4)20-13-17(2,3)24(5,21)22/h6-10H,1,11-13H2,2-5H3,(H2,18,19,20). The van der Waals surface area contributed by atoms with Crippen LogP contribution in [0.5, 0.6) is 5.75 Å². The Bertz CT molecular complexity index is 682. The summed E-state index contributed by atoms with van der Waals surface area (Å²) < 4.78 is 28.2. The molecule has 0 saturated heterocycles. The lowest BCUT2D eigenvalue weighted by Crippen LogP contribution is -2.47. The third-order valence-corrected chi connectivity index (χ3v) is 5.84. The van der Waals surface area contributed by atoms with Crippen LogP contribution in [0.1, 0.15) is 19.4 Å².